The number of likely N-dealkylation sites (tertiary alicyclic amines) is 1. The highest BCUT2D eigenvalue weighted by molar-refractivity contribution is 5.73. The van der Waals surface area contributed by atoms with Crippen molar-refractivity contribution in [2.75, 3.05) is 18.4 Å². The molecule has 28 heavy (non-hydrogen) atoms. The lowest BCUT2D eigenvalue weighted by atomic mass is 9.95. The number of amides is 1. The van der Waals surface area contributed by atoms with Crippen LogP contribution in [0.15, 0.2) is 30.6 Å². The van der Waals surface area contributed by atoms with E-state index in [1.807, 2.05) is 29.3 Å². The molecule has 2 aromatic rings. The van der Waals surface area contributed by atoms with Crippen LogP contribution in [-0.2, 0) is 4.79 Å². The normalized spacial score (nSPS) is 20.8. The number of rotatable bonds is 4. The van der Waals surface area contributed by atoms with Crippen molar-refractivity contribution >= 4 is 11.7 Å². The Morgan fingerprint density at radius 2 is 2.00 bits per heavy atom. The summed E-state index contributed by atoms with van der Waals surface area (Å²) in [6, 6.07) is 6.49. The lowest BCUT2D eigenvalue weighted by Crippen LogP contribution is -2.38. The third-order valence-corrected chi connectivity index (χ3v) is 5.89. The number of aromatic nitrogens is 3. The van der Waals surface area contributed by atoms with Crippen molar-refractivity contribution in [2.45, 2.75) is 63.8 Å². The molecule has 1 aliphatic carbocycles. The number of piperidine rings is 1. The maximum absolute atomic E-state index is 11.9. The van der Waals surface area contributed by atoms with Crippen LogP contribution in [0.4, 0.5) is 5.82 Å². The fourth-order valence-electron chi connectivity index (χ4n) is 4.31. The second-order valence-electron chi connectivity index (χ2n) is 8.02. The fraction of sp³-hybridized carbons (Fsp3) is 0.545. The SMILES string of the molecule is CC(=O)N1CCCC(c2nc(NC3CCCCC3)cc(-c3cccnc3)n2)C1. The predicted molar refractivity (Wildman–Crippen MR) is 110 cm³/mol. The summed E-state index contributed by atoms with van der Waals surface area (Å²) < 4.78 is 0. The van der Waals surface area contributed by atoms with Gasteiger partial charge < -0.3 is 10.2 Å². The number of nitrogens with zero attached hydrogens (tertiary/aromatic N) is 4. The summed E-state index contributed by atoms with van der Waals surface area (Å²) in [7, 11) is 0. The molecule has 0 radical (unpaired) electrons. The summed E-state index contributed by atoms with van der Waals surface area (Å²) in [4.78, 5) is 27.8. The molecule has 0 aromatic carbocycles. The Bertz CT molecular complexity index is 804. The lowest BCUT2D eigenvalue weighted by molar-refractivity contribution is -0.130. The molecular formula is C22H29N5O. The lowest BCUT2D eigenvalue weighted by Gasteiger charge is -2.31. The van der Waals surface area contributed by atoms with Crippen molar-refractivity contribution in [1.82, 2.24) is 19.9 Å². The number of carbonyl (C=O) groups is 1. The smallest absolute Gasteiger partial charge is 0.219 e. The van der Waals surface area contributed by atoms with Crippen LogP contribution in [0.5, 0.6) is 0 Å². The van der Waals surface area contributed by atoms with Crippen LogP contribution in [0.25, 0.3) is 11.3 Å². The molecule has 148 valence electrons. The molecular weight excluding hydrogens is 350 g/mol. The van der Waals surface area contributed by atoms with Crippen molar-refractivity contribution in [3.8, 4) is 11.3 Å². The Morgan fingerprint density at radius 1 is 1.14 bits per heavy atom. The first kappa shape index (κ1) is 18.8. The first-order valence-corrected chi connectivity index (χ1v) is 10.5. The minimum absolute atomic E-state index is 0.133. The minimum atomic E-state index is 0.133. The molecule has 1 amide bonds. The molecule has 1 N–H and O–H groups in total. The van der Waals surface area contributed by atoms with Crippen LogP contribution in [0.3, 0.4) is 0 Å². The van der Waals surface area contributed by atoms with Gasteiger partial charge in [-0.3, -0.25) is 9.78 Å². The van der Waals surface area contributed by atoms with Crippen LogP contribution in [0, 0.1) is 0 Å². The first-order valence-electron chi connectivity index (χ1n) is 10.5. The highest BCUT2D eigenvalue weighted by Crippen LogP contribution is 2.29. The molecule has 6 heteroatoms. The Kier molecular flexibility index (Phi) is 5.84. The van der Waals surface area contributed by atoms with Gasteiger partial charge in [0.05, 0.1) is 5.69 Å². The summed E-state index contributed by atoms with van der Waals surface area (Å²) in [6.45, 7) is 3.18. The first-order chi connectivity index (χ1) is 13.7. The number of anilines is 1. The molecule has 1 unspecified atom stereocenters. The molecule has 4 rings (SSSR count). The second-order valence-corrected chi connectivity index (χ2v) is 8.02. The van der Waals surface area contributed by atoms with E-state index in [0.717, 1.165) is 42.3 Å². The van der Waals surface area contributed by atoms with Gasteiger partial charge in [0.15, 0.2) is 0 Å². The van der Waals surface area contributed by atoms with E-state index in [9.17, 15) is 4.79 Å². The average Bonchev–Trinajstić information content (AvgIpc) is 2.75. The van der Waals surface area contributed by atoms with Gasteiger partial charge >= 0.3 is 0 Å². The van der Waals surface area contributed by atoms with Crippen molar-refractivity contribution < 1.29 is 4.79 Å². The molecule has 2 fully saturated rings. The number of pyridine rings is 1. The van der Waals surface area contributed by atoms with Gasteiger partial charge in [0, 0.05) is 56.0 Å². The summed E-state index contributed by atoms with van der Waals surface area (Å²) in [5, 5.41) is 3.65. The van der Waals surface area contributed by atoms with E-state index in [1.54, 1.807) is 13.1 Å². The van der Waals surface area contributed by atoms with Gasteiger partial charge in [-0.1, -0.05) is 19.3 Å². The Morgan fingerprint density at radius 3 is 2.75 bits per heavy atom. The van der Waals surface area contributed by atoms with Gasteiger partial charge in [-0.25, -0.2) is 9.97 Å². The summed E-state index contributed by atoms with van der Waals surface area (Å²) in [5.41, 5.74) is 1.90. The standard InChI is InChI=1S/C22H29N5O/c1-16(28)27-12-6-8-18(15-27)22-25-20(17-7-5-11-23-14-17)13-21(26-22)24-19-9-3-2-4-10-19/h5,7,11,13-14,18-19H,2-4,6,8-10,12,15H2,1H3,(H,24,25,26). The third kappa shape index (κ3) is 4.49. The molecule has 1 saturated carbocycles. The zero-order chi connectivity index (χ0) is 19.3. The van der Waals surface area contributed by atoms with Gasteiger partial charge in [0.25, 0.3) is 0 Å². The van der Waals surface area contributed by atoms with Crippen LogP contribution in [-0.4, -0.2) is 44.9 Å². The van der Waals surface area contributed by atoms with Crippen LogP contribution >= 0.6 is 0 Å². The quantitative estimate of drug-likeness (QED) is 0.869. The topological polar surface area (TPSA) is 71.0 Å². The van der Waals surface area contributed by atoms with Crippen molar-refractivity contribution in [3.63, 3.8) is 0 Å². The molecule has 6 nitrogen and oxygen atoms in total. The summed E-state index contributed by atoms with van der Waals surface area (Å²) in [6.07, 6.45) is 11.9. The molecule has 2 aromatic heterocycles. The molecule has 3 heterocycles. The van der Waals surface area contributed by atoms with Crippen molar-refractivity contribution in [2.24, 2.45) is 0 Å². The van der Waals surface area contributed by atoms with Gasteiger partial charge in [0.2, 0.25) is 5.91 Å². The predicted octanol–water partition coefficient (Wildman–Crippen LogP) is 4.01. The largest absolute Gasteiger partial charge is 0.367 e. The zero-order valence-electron chi connectivity index (χ0n) is 16.6. The van der Waals surface area contributed by atoms with Gasteiger partial charge in [-0.15, -0.1) is 0 Å². The van der Waals surface area contributed by atoms with Crippen molar-refractivity contribution in [3.05, 3.63) is 36.4 Å². The van der Waals surface area contributed by atoms with E-state index < -0.39 is 0 Å². The van der Waals surface area contributed by atoms with Crippen molar-refractivity contribution in [1.29, 1.82) is 0 Å². The fourth-order valence-corrected chi connectivity index (χ4v) is 4.31. The molecule has 0 bridgehead atoms. The zero-order valence-corrected chi connectivity index (χ0v) is 16.6. The van der Waals surface area contributed by atoms with E-state index in [-0.39, 0.29) is 11.8 Å². The monoisotopic (exact) mass is 379 g/mol. The maximum atomic E-state index is 11.9. The molecule has 2 aliphatic rings. The number of carbonyl (C=O) groups excluding carboxylic acids is 1. The number of nitrogens with one attached hydrogen (secondary N) is 1. The number of hydrogen-bond donors (Lipinski definition) is 1. The third-order valence-electron chi connectivity index (χ3n) is 5.89. The minimum Gasteiger partial charge on any atom is -0.367 e. The van der Waals surface area contributed by atoms with E-state index >= 15 is 0 Å². The summed E-state index contributed by atoms with van der Waals surface area (Å²) in [5.74, 6) is 2.05. The summed E-state index contributed by atoms with van der Waals surface area (Å²) >= 11 is 0. The van der Waals surface area contributed by atoms with Gasteiger partial charge in [0.1, 0.15) is 11.6 Å². The maximum Gasteiger partial charge on any atom is 0.219 e. The molecule has 0 spiro atoms. The van der Waals surface area contributed by atoms with E-state index in [4.69, 9.17) is 9.97 Å². The molecule has 1 saturated heterocycles. The van der Waals surface area contributed by atoms with Crippen LogP contribution in [0.2, 0.25) is 0 Å². The van der Waals surface area contributed by atoms with E-state index in [2.05, 4.69) is 10.3 Å². The Balaban J connectivity index is 1.64. The van der Waals surface area contributed by atoms with Crippen LogP contribution < -0.4 is 5.32 Å². The average molecular weight is 380 g/mol. The number of hydrogen-bond acceptors (Lipinski definition) is 5. The highest BCUT2D eigenvalue weighted by Gasteiger charge is 2.26. The van der Waals surface area contributed by atoms with E-state index in [1.165, 1.54) is 32.1 Å². The molecule has 1 atom stereocenters. The molecule has 1 aliphatic heterocycles. The Labute approximate surface area is 166 Å². The highest BCUT2D eigenvalue weighted by atomic mass is 16.2. The van der Waals surface area contributed by atoms with E-state index in [0.29, 0.717) is 12.6 Å². The Hall–Kier alpha value is -2.50. The second kappa shape index (κ2) is 8.67. The van der Waals surface area contributed by atoms with Gasteiger partial charge in [-0.2, -0.15) is 0 Å². The van der Waals surface area contributed by atoms with Crippen LogP contribution in [0.1, 0.15) is 63.6 Å². The van der Waals surface area contributed by atoms with Gasteiger partial charge in [-0.05, 0) is 37.8 Å².